The zero-order valence-electron chi connectivity index (χ0n) is 54.0. The second kappa shape index (κ2) is 55.8. The Morgan fingerprint density at radius 2 is 0.726 bits per heavy atom. The number of ketones is 2. The van der Waals surface area contributed by atoms with Gasteiger partial charge in [-0.25, -0.2) is 13.7 Å². The summed E-state index contributed by atoms with van der Waals surface area (Å²) >= 11 is 0. The van der Waals surface area contributed by atoms with Gasteiger partial charge in [-0.2, -0.15) is 0 Å². The highest BCUT2D eigenvalue weighted by Gasteiger charge is 2.28. The minimum Gasteiger partial charge on any atom is -0.457 e. The van der Waals surface area contributed by atoms with Crippen LogP contribution in [-0.4, -0.2) is 131 Å². The summed E-state index contributed by atoms with van der Waals surface area (Å²) in [5, 5.41) is 0. The van der Waals surface area contributed by atoms with Gasteiger partial charge in [0.15, 0.2) is 12.4 Å². The van der Waals surface area contributed by atoms with Crippen LogP contribution < -0.4 is 4.57 Å². The second-order valence-corrected chi connectivity index (χ2v) is 26.7. The topological polar surface area (TPSA) is 221 Å². The molecule has 0 aromatic carbocycles. The van der Waals surface area contributed by atoms with E-state index in [4.69, 9.17) is 37.0 Å². The molecule has 2 N–H and O–H groups in total. The van der Waals surface area contributed by atoms with Gasteiger partial charge >= 0.3 is 27.6 Å². The predicted octanol–water partition coefficient (Wildman–Crippen LogP) is 15.1. The number of hydrogen-bond donors (Lipinski definition) is 2. The van der Waals surface area contributed by atoms with E-state index in [0.717, 1.165) is 51.5 Å². The summed E-state index contributed by atoms with van der Waals surface area (Å²) in [6.07, 6.45) is 43.8. The zero-order chi connectivity index (χ0) is 62.3. The number of Topliss-reactive ketones (excluding diaryl/α,β-unsaturated/α-hetero) is 2. The normalized spacial score (nSPS) is 13.8. The number of phosphoric ester groups is 2. The number of aromatic nitrogens is 1. The zero-order valence-corrected chi connectivity index (χ0v) is 55.8. The van der Waals surface area contributed by atoms with Crippen LogP contribution in [0.2, 0.25) is 0 Å². The Labute approximate surface area is 510 Å². The Hall–Kier alpha value is -2.47. The first-order chi connectivity index (χ1) is 40.3. The molecule has 0 aliphatic rings. The first kappa shape index (κ1) is 81.5. The van der Waals surface area contributed by atoms with Crippen LogP contribution in [0, 0.1) is 0 Å². The van der Waals surface area contributed by atoms with Crippen molar-refractivity contribution in [2.75, 3.05) is 80.5 Å². The maximum Gasteiger partial charge on any atom is 0.472 e. The molecule has 0 saturated heterocycles. The Morgan fingerprint density at radius 1 is 0.417 bits per heavy atom. The molecule has 0 saturated carbocycles. The van der Waals surface area contributed by atoms with E-state index in [1.165, 1.54) is 181 Å². The lowest BCUT2D eigenvalue weighted by Gasteiger charge is -2.24. The van der Waals surface area contributed by atoms with E-state index in [1.807, 2.05) is 51.7 Å². The number of nitrogens with zero attached hydrogens (tertiary/aromatic N) is 2. The van der Waals surface area contributed by atoms with Crippen LogP contribution in [0.4, 0.5) is 0 Å². The summed E-state index contributed by atoms with van der Waals surface area (Å²) in [4.78, 5) is 66.5. The average Bonchev–Trinajstić information content (AvgIpc) is 3.43. The van der Waals surface area contributed by atoms with Gasteiger partial charge in [0.1, 0.15) is 56.3 Å². The van der Waals surface area contributed by atoms with Gasteiger partial charge in [0, 0.05) is 31.8 Å². The number of pyridine rings is 1. The van der Waals surface area contributed by atoms with Crippen LogP contribution in [0.1, 0.15) is 259 Å². The average molecular weight is 1240 g/mol. The molecule has 0 radical (unpaired) electrons. The molecule has 0 bridgehead atoms. The first-order valence-electron chi connectivity index (χ1n) is 32.8. The van der Waals surface area contributed by atoms with Crippen LogP contribution in [0.25, 0.3) is 0 Å². The van der Waals surface area contributed by atoms with Crippen molar-refractivity contribution >= 4 is 39.2 Å². The van der Waals surface area contributed by atoms with E-state index in [0.29, 0.717) is 30.7 Å². The van der Waals surface area contributed by atoms with Crippen molar-refractivity contribution in [3.8, 4) is 0 Å². The van der Waals surface area contributed by atoms with Crippen molar-refractivity contribution in [3.63, 3.8) is 0 Å². The molecule has 4 atom stereocenters. The molecule has 0 aliphatic carbocycles. The molecule has 0 spiro atoms. The van der Waals surface area contributed by atoms with Crippen LogP contribution in [0.15, 0.2) is 30.6 Å². The van der Waals surface area contributed by atoms with Crippen LogP contribution in [0.3, 0.4) is 0 Å². The lowest BCUT2D eigenvalue weighted by molar-refractivity contribution is -0.870. The van der Waals surface area contributed by atoms with Crippen molar-refractivity contribution in [1.82, 2.24) is 0 Å². The van der Waals surface area contributed by atoms with Crippen LogP contribution >= 0.6 is 15.6 Å². The fourth-order valence-corrected chi connectivity index (χ4v) is 10.6. The monoisotopic (exact) mass is 1240 g/mol. The SMILES string of the molecule is CCCCCCCCCCCCCCCCCCOCC(COP(=O)(O)OCCCCC[n+]1ccccc1)OC(=O)CC(C)=O.CCCCCCCCCCCCCCCCCOCC(COP(=O)(O)OCC[N+](C)(C)C)OC(=O)CC(C)=O. The third-order valence-electron chi connectivity index (χ3n) is 14.0. The van der Waals surface area contributed by atoms with Gasteiger partial charge in [0.25, 0.3) is 0 Å². The first-order valence-corrected chi connectivity index (χ1v) is 35.8. The van der Waals surface area contributed by atoms with Crippen molar-refractivity contribution in [1.29, 1.82) is 0 Å². The molecule has 1 aromatic heterocycles. The lowest BCUT2D eigenvalue weighted by atomic mass is 10.0. The third-order valence-corrected chi connectivity index (χ3v) is 15.9. The minimum absolute atomic E-state index is 0.0134. The molecule has 4 unspecified atom stereocenters. The van der Waals surface area contributed by atoms with Crippen molar-refractivity contribution < 1.29 is 84.2 Å². The van der Waals surface area contributed by atoms with Gasteiger partial charge in [0.2, 0.25) is 0 Å². The lowest BCUT2D eigenvalue weighted by Crippen LogP contribution is -2.37. The number of unbranched alkanes of at least 4 members (excludes halogenated alkanes) is 31. The van der Waals surface area contributed by atoms with Gasteiger partial charge in [-0.1, -0.05) is 206 Å². The standard InChI is InChI=1S/C35H62NO8P.C29H58NO8P/c1-3-4-5-6-7-8-9-10-11-12-13-14-15-16-17-23-28-41-31-34(44-35(38)30-33(2)37)32-43-45(39,40)42-29-24-19-22-27-36-25-20-18-21-26-36;1-6-7-8-9-10-11-12-13-14-15-16-17-18-19-20-22-35-25-28(38-29(32)24-27(2)31)26-37-39(33,34)36-23-21-30(3,4)5/h18,20-21,25-26,34H,3-17,19,22-24,27-32H2,1-2H3;28H,6-26H2,1-5H3/p+2. The third kappa shape index (κ3) is 59.8. The number of aryl methyl sites for hydroxylation is 1. The van der Waals surface area contributed by atoms with Crippen LogP contribution in [0.5, 0.6) is 0 Å². The van der Waals surface area contributed by atoms with E-state index in [2.05, 4.69) is 18.4 Å². The second-order valence-electron chi connectivity index (χ2n) is 23.8. The summed E-state index contributed by atoms with van der Waals surface area (Å²) < 4.78 is 69.3. The van der Waals surface area contributed by atoms with Gasteiger partial charge < -0.3 is 33.2 Å². The van der Waals surface area contributed by atoms with E-state index in [-0.39, 0.29) is 64.0 Å². The number of phosphoric acid groups is 2. The molecular weight excluding hydrogens is 1110 g/mol. The number of quaternary nitrogens is 1. The summed E-state index contributed by atoms with van der Waals surface area (Å²) in [6.45, 7) is 8.92. The van der Waals surface area contributed by atoms with Gasteiger partial charge in [-0.3, -0.25) is 37.3 Å². The molecule has 84 heavy (non-hydrogen) atoms. The van der Waals surface area contributed by atoms with Crippen LogP contribution in [-0.2, 0) is 71.9 Å². The molecule has 1 rings (SSSR count). The Kier molecular flexibility index (Phi) is 54.2. The number of hydrogen-bond acceptors (Lipinski definition) is 14. The molecular formula is C64H122N2O16P2+2. The number of carbonyl (C=O) groups excluding carboxylic acids is 4. The maximum absolute atomic E-state index is 12.3. The quantitative estimate of drug-likeness (QED) is 0.0155. The number of likely N-dealkylation sites (N-methyl/N-ethyl adjacent to an activating group) is 1. The maximum atomic E-state index is 12.3. The highest BCUT2D eigenvalue weighted by molar-refractivity contribution is 7.47. The van der Waals surface area contributed by atoms with Crippen molar-refractivity contribution in [2.24, 2.45) is 0 Å². The molecule has 0 aliphatic heterocycles. The molecule has 492 valence electrons. The fraction of sp³-hybridized carbons (Fsp3) is 0.859. The minimum atomic E-state index is -4.32. The highest BCUT2D eigenvalue weighted by Crippen LogP contribution is 2.44. The summed E-state index contributed by atoms with van der Waals surface area (Å²) in [5.74, 6) is -2.08. The van der Waals surface area contributed by atoms with Crippen molar-refractivity contribution in [2.45, 2.75) is 278 Å². The van der Waals surface area contributed by atoms with E-state index in [1.54, 1.807) is 0 Å². The number of rotatable bonds is 60. The smallest absolute Gasteiger partial charge is 0.457 e. The summed E-state index contributed by atoms with van der Waals surface area (Å²) in [6, 6.07) is 5.91. The molecule has 20 heteroatoms. The fourth-order valence-electron chi connectivity index (χ4n) is 9.05. The number of carbonyl (C=O) groups is 4. The number of esters is 2. The van der Waals surface area contributed by atoms with Gasteiger partial charge in [-0.15, -0.1) is 0 Å². The molecule has 1 heterocycles. The molecule has 1 aromatic rings. The van der Waals surface area contributed by atoms with Gasteiger partial charge in [-0.05, 0) is 39.5 Å². The Balaban J connectivity index is 0.00000166. The highest BCUT2D eigenvalue weighted by atomic mass is 31.2. The molecule has 0 fully saturated rings. The largest absolute Gasteiger partial charge is 0.472 e. The summed E-state index contributed by atoms with van der Waals surface area (Å²) in [7, 11) is -2.81. The Bertz CT molecular complexity index is 1820. The van der Waals surface area contributed by atoms with Gasteiger partial charge in [0.05, 0.1) is 54.2 Å². The van der Waals surface area contributed by atoms with E-state index >= 15 is 0 Å². The molecule has 18 nitrogen and oxygen atoms in total. The Morgan fingerprint density at radius 3 is 1.06 bits per heavy atom. The number of ether oxygens (including phenoxy) is 4. The molecule has 0 amide bonds. The predicted molar refractivity (Wildman–Crippen MR) is 333 cm³/mol. The van der Waals surface area contributed by atoms with E-state index < -0.39 is 39.8 Å². The van der Waals surface area contributed by atoms with Crippen molar-refractivity contribution in [3.05, 3.63) is 30.6 Å². The van der Waals surface area contributed by atoms with E-state index in [9.17, 15) is 38.1 Å². The summed E-state index contributed by atoms with van der Waals surface area (Å²) in [5.41, 5.74) is 0.